The largest absolute Gasteiger partial charge is 0.378 e. The van der Waals surface area contributed by atoms with Crippen LogP contribution in [0.1, 0.15) is 41.4 Å². The average Bonchev–Trinajstić information content (AvgIpc) is 2.99. The monoisotopic (exact) mass is 581 g/mol. The Balaban J connectivity index is 1.94. The molecule has 5 nitrogen and oxygen atoms in total. The van der Waals surface area contributed by atoms with Gasteiger partial charge < -0.3 is 14.7 Å². The van der Waals surface area contributed by atoms with E-state index in [1.807, 2.05) is 77.6 Å². The van der Waals surface area contributed by atoms with Gasteiger partial charge in [0.15, 0.2) is 9.84 Å². The molecule has 0 saturated carbocycles. The zero-order chi connectivity index (χ0) is 30.4. The zero-order valence-electron chi connectivity index (χ0n) is 25.9. The molecular formula is C36H43N3O2S. The van der Waals surface area contributed by atoms with Crippen LogP contribution in [0.15, 0.2) is 108 Å². The van der Waals surface area contributed by atoms with Gasteiger partial charge in [-0.15, -0.1) is 0 Å². The Bertz CT molecular complexity index is 1530. The van der Waals surface area contributed by atoms with E-state index in [0.29, 0.717) is 4.90 Å². The number of hydrogen-bond donors (Lipinski definition) is 0. The molecule has 4 aromatic rings. The molecule has 0 saturated heterocycles. The van der Waals surface area contributed by atoms with Crippen molar-refractivity contribution in [3.05, 3.63) is 125 Å². The molecule has 0 spiro atoms. The first-order valence-corrected chi connectivity index (χ1v) is 16.0. The van der Waals surface area contributed by atoms with Crippen LogP contribution in [0, 0.1) is 6.92 Å². The molecule has 1 atom stereocenters. The van der Waals surface area contributed by atoms with Crippen LogP contribution >= 0.6 is 0 Å². The van der Waals surface area contributed by atoms with Crippen LogP contribution in [0.5, 0.6) is 0 Å². The summed E-state index contributed by atoms with van der Waals surface area (Å²) in [6.07, 6.45) is 1.93. The molecule has 4 aromatic carbocycles. The van der Waals surface area contributed by atoms with Crippen molar-refractivity contribution in [3.8, 4) is 0 Å². The van der Waals surface area contributed by atoms with Gasteiger partial charge in [0.05, 0.1) is 4.90 Å². The van der Waals surface area contributed by atoms with Crippen molar-refractivity contribution in [2.75, 3.05) is 56.0 Å². The third kappa shape index (κ3) is 6.88. The molecule has 0 aromatic heterocycles. The molecule has 220 valence electrons. The van der Waals surface area contributed by atoms with Crippen molar-refractivity contribution < 1.29 is 8.42 Å². The van der Waals surface area contributed by atoms with Crippen LogP contribution in [-0.2, 0) is 9.84 Å². The minimum atomic E-state index is -3.78. The maximum Gasteiger partial charge on any atom is 0.188 e. The summed E-state index contributed by atoms with van der Waals surface area (Å²) in [6, 6.07) is 31.7. The number of hydrogen-bond acceptors (Lipinski definition) is 5. The van der Waals surface area contributed by atoms with Gasteiger partial charge in [0.1, 0.15) is 5.25 Å². The van der Waals surface area contributed by atoms with Crippen molar-refractivity contribution in [1.29, 1.82) is 0 Å². The maximum absolute atomic E-state index is 14.4. The quantitative estimate of drug-likeness (QED) is 0.182. The molecule has 0 radical (unpaired) electrons. The molecule has 4 rings (SSSR count). The van der Waals surface area contributed by atoms with Crippen molar-refractivity contribution in [3.63, 3.8) is 0 Å². The van der Waals surface area contributed by atoms with Crippen LogP contribution in [0.4, 0.5) is 17.1 Å². The van der Waals surface area contributed by atoms with Crippen molar-refractivity contribution in [2.45, 2.75) is 30.9 Å². The molecular weight excluding hydrogens is 538 g/mol. The van der Waals surface area contributed by atoms with E-state index in [1.165, 1.54) is 0 Å². The molecule has 0 bridgehead atoms. The van der Waals surface area contributed by atoms with Crippen LogP contribution < -0.4 is 14.7 Å². The van der Waals surface area contributed by atoms with E-state index in [9.17, 15) is 8.42 Å². The van der Waals surface area contributed by atoms with E-state index >= 15 is 0 Å². The highest BCUT2D eigenvalue weighted by atomic mass is 32.2. The molecule has 0 aliphatic rings. The average molecular weight is 582 g/mol. The lowest BCUT2D eigenvalue weighted by Gasteiger charge is -2.23. The Kier molecular flexibility index (Phi) is 9.79. The van der Waals surface area contributed by atoms with Crippen LogP contribution in [-0.4, -0.2) is 49.7 Å². The summed E-state index contributed by atoms with van der Waals surface area (Å²) in [6.45, 7) is 7.99. The second kappa shape index (κ2) is 13.3. The Hall–Kier alpha value is -4.03. The lowest BCUT2D eigenvalue weighted by Crippen LogP contribution is -2.21. The third-order valence-electron chi connectivity index (χ3n) is 7.74. The lowest BCUT2D eigenvalue weighted by atomic mass is 9.95. The summed E-state index contributed by atoms with van der Waals surface area (Å²) in [5.41, 5.74) is 7.79. The first kappa shape index (κ1) is 30.9. The standard InChI is InChI=1S/C36H43N3O2S/c1-8-39(9-2)33-22-16-30(17-23-33)36(42(40,41)34-24-10-27(3)11-25-34)26-35(28-12-18-31(19-13-28)37(4)5)29-14-20-32(21-15-29)38(6)7/h10-26,36H,8-9H2,1-7H3. The van der Waals surface area contributed by atoms with Gasteiger partial charge in [-0.3, -0.25) is 0 Å². The molecule has 6 heteroatoms. The van der Waals surface area contributed by atoms with E-state index in [0.717, 1.165) is 58.0 Å². The highest BCUT2D eigenvalue weighted by Gasteiger charge is 2.29. The fourth-order valence-electron chi connectivity index (χ4n) is 5.09. The molecule has 0 amide bonds. The second-order valence-electron chi connectivity index (χ2n) is 11.0. The van der Waals surface area contributed by atoms with Gasteiger partial charge in [-0.05, 0) is 91.6 Å². The van der Waals surface area contributed by atoms with Gasteiger partial charge >= 0.3 is 0 Å². The maximum atomic E-state index is 14.4. The van der Waals surface area contributed by atoms with Crippen molar-refractivity contribution >= 4 is 32.5 Å². The normalized spacial score (nSPS) is 12.0. The predicted molar refractivity (Wildman–Crippen MR) is 180 cm³/mol. The Morgan fingerprint density at radius 3 is 1.48 bits per heavy atom. The minimum Gasteiger partial charge on any atom is -0.378 e. The minimum absolute atomic E-state index is 0.312. The van der Waals surface area contributed by atoms with E-state index in [-0.39, 0.29) is 0 Å². The number of nitrogens with zero attached hydrogens (tertiary/aromatic N) is 3. The summed E-state index contributed by atoms with van der Waals surface area (Å²) < 4.78 is 28.8. The van der Waals surface area contributed by atoms with Crippen LogP contribution in [0.3, 0.4) is 0 Å². The van der Waals surface area contributed by atoms with Gasteiger partial charge in [-0.25, -0.2) is 8.42 Å². The highest BCUT2D eigenvalue weighted by Crippen LogP contribution is 2.37. The Labute approximate surface area is 252 Å². The SMILES string of the molecule is CCN(CC)c1ccc(C(C=C(c2ccc(N(C)C)cc2)c2ccc(N(C)C)cc2)S(=O)(=O)c2ccc(C)cc2)cc1. The summed E-state index contributed by atoms with van der Waals surface area (Å²) in [4.78, 5) is 6.68. The Morgan fingerprint density at radius 2 is 1.07 bits per heavy atom. The molecule has 0 heterocycles. The van der Waals surface area contributed by atoms with E-state index in [4.69, 9.17) is 0 Å². The molecule has 1 unspecified atom stereocenters. The van der Waals surface area contributed by atoms with Crippen molar-refractivity contribution in [2.24, 2.45) is 0 Å². The highest BCUT2D eigenvalue weighted by molar-refractivity contribution is 7.91. The number of aryl methyl sites for hydroxylation is 1. The van der Waals surface area contributed by atoms with Crippen LogP contribution in [0.25, 0.3) is 5.57 Å². The number of anilines is 3. The predicted octanol–water partition coefficient (Wildman–Crippen LogP) is 7.62. The summed E-state index contributed by atoms with van der Waals surface area (Å²) in [7, 11) is 4.27. The summed E-state index contributed by atoms with van der Waals surface area (Å²) >= 11 is 0. The topological polar surface area (TPSA) is 43.9 Å². The fraction of sp³-hybridized carbons (Fsp3) is 0.278. The number of sulfone groups is 1. The molecule has 0 aliphatic carbocycles. The third-order valence-corrected chi connectivity index (χ3v) is 9.75. The summed E-state index contributed by atoms with van der Waals surface area (Å²) in [5, 5.41) is -0.886. The number of benzene rings is 4. The van der Waals surface area contributed by atoms with E-state index < -0.39 is 15.1 Å². The molecule has 42 heavy (non-hydrogen) atoms. The van der Waals surface area contributed by atoms with E-state index in [1.54, 1.807) is 12.1 Å². The van der Waals surface area contributed by atoms with Gasteiger partial charge in [0.25, 0.3) is 0 Å². The molecule has 0 N–H and O–H groups in total. The smallest absolute Gasteiger partial charge is 0.188 e. The lowest BCUT2D eigenvalue weighted by molar-refractivity contribution is 0.590. The fourth-order valence-corrected chi connectivity index (χ4v) is 6.73. The number of rotatable bonds is 11. The Morgan fingerprint density at radius 1 is 0.643 bits per heavy atom. The van der Waals surface area contributed by atoms with Crippen molar-refractivity contribution in [1.82, 2.24) is 0 Å². The zero-order valence-corrected chi connectivity index (χ0v) is 26.7. The van der Waals surface area contributed by atoms with Gasteiger partial charge in [-0.2, -0.15) is 0 Å². The first-order chi connectivity index (χ1) is 20.0. The molecule has 0 fully saturated rings. The molecule has 0 aliphatic heterocycles. The first-order valence-electron chi connectivity index (χ1n) is 14.5. The van der Waals surface area contributed by atoms with Crippen LogP contribution in [0.2, 0.25) is 0 Å². The summed E-state index contributed by atoms with van der Waals surface area (Å²) in [5.74, 6) is 0. The second-order valence-corrected chi connectivity index (χ2v) is 13.1. The van der Waals surface area contributed by atoms with E-state index in [2.05, 4.69) is 77.1 Å². The van der Waals surface area contributed by atoms with Gasteiger partial charge in [0, 0.05) is 58.3 Å². The van der Waals surface area contributed by atoms with Gasteiger partial charge in [0.2, 0.25) is 0 Å². The van der Waals surface area contributed by atoms with Gasteiger partial charge in [-0.1, -0.05) is 60.2 Å².